The van der Waals surface area contributed by atoms with Crippen molar-refractivity contribution in [2.75, 3.05) is 32.5 Å². The van der Waals surface area contributed by atoms with Crippen molar-refractivity contribution in [3.8, 4) is 0 Å². The monoisotopic (exact) mass is 411 g/mol. The first-order valence-corrected chi connectivity index (χ1v) is 10.6. The van der Waals surface area contributed by atoms with Crippen molar-refractivity contribution < 1.29 is 14.5 Å². The van der Waals surface area contributed by atoms with Gasteiger partial charge in [-0.2, -0.15) is 0 Å². The molecule has 6 nitrogen and oxygen atoms in total. The van der Waals surface area contributed by atoms with E-state index in [0.717, 1.165) is 37.8 Å². The van der Waals surface area contributed by atoms with Crippen molar-refractivity contribution in [3.05, 3.63) is 59.1 Å². The van der Waals surface area contributed by atoms with Crippen molar-refractivity contribution in [1.29, 1.82) is 0 Å². The fraction of sp³-hybridized carbons (Fsp3) is 0.318. The number of anilines is 1. The van der Waals surface area contributed by atoms with E-state index >= 15 is 0 Å². The summed E-state index contributed by atoms with van der Waals surface area (Å²) in [6.45, 7) is 3.07. The van der Waals surface area contributed by atoms with E-state index in [1.54, 1.807) is 18.4 Å². The number of quaternary nitrogens is 1. The maximum atomic E-state index is 12.5. The number of aryl methyl sites for hydroxylation is 1. The number of rotatable bonds is 8. The van der Waals surface area contributed by atoms with E-state index in [9.17, 15) is 9.59 Å². The normalized spacial score (nSPS) is 12.0. The first-order valence-electron chi connectivity index (χ1n) is 9.73. The number of benzene rings is 2. The van der Waals surface area contributed by atoms with Crippen LogP contribution in [0.2, 0.25) is 0 Å². The number of fused-ring (bicyclic) bond motifs is 1. The zero-order valence-corrected chi connectivity index (χ0v) is 17.9. The van der Waals surface area contributed by atoms with Gasteiger partial charge < -0.3 is 15.1 Å². The largest absolute Gasteiger partial charge is 0.332 e. The lowest BCUT2D eigenvalue weighted by Gasteiger charge is -2.19. The van der Waals surface area contributed by atoms with Crippen molar-refractivity contribution >= 4 is 39.1 Å². The van der Waals surface area contributed by atoms with Crippen LogP contribution in [-0.2, 0) is 22.6 Å². The molecular weight excluding hydrogens is 384 g/mol. The van der Waals surface area contributed by atoms with E-state index < -0.39 is 0 Å². The maximum absolute atomic E-state index is 12.5. The second-order valence-electron chi connectivity index (χ2n) is 7.19. The van der Waals surface area contributed by atoms with Crippen LogP contribution in [0.5, 0.6) is 0 Å². The zero-order chi connectivity index (χ0) is 20.8. The number of nitrogens with zero attached hydrogens (tertiary/aromatic N) is 2. The molecule has 29 heavy (non-hydrogen) atoms. The van der Waals surface area contributed by atoms with E-state index in [-0.39, 0.29) is 18.4 Å². The predicted octanol–water partition coefficient (Wildman–Crippen LogP) is 1.97. The Bertz CT molecular complexity index is 968. The molecule has 3 aromatic rings. The van der Waals surface area contributed by atoms with Crippen LogP contribution in [0.25, 0.3) is 10.2 Å². The molecule has 1 atom stereocenters. The molecule has 1 unspecified atom stereocenters. The lowest BCUT2D eigenvalue weighted by molar-refractivity contribution is -0.885. The van der Waals surface area contributed by atoms with Gasteiger partial charge in [0.25, 0.3) is 5.91 Å². The minimum atomic E-state index is -0.189. The number of carbonyl (C=O) groups excluding carboxylic acids is 2. The Kier molecular flexibility index (Phi) is 6.95. The van der Waals surface area contributed by atoms with Gasteiger partial charge in [-0.25, -0.2) is 4.98 Å². The summed E-state index contributed by atoms with van der Waals surface area (Å²) in [7, 11) is 3.63. The van der Waals surface area contributed by atoms with Gasteiger partial charge >= 0.3 is 0 Å². The Morgan fingerprint density at radius 2 is 1.86 bits per heavy atom. The number of para-hydroxylation sites is 2. The summed E-state index contributed by atoms with van der Waals surface area (Å²) in [5.74, 6) is -0.256. The summed E-state index contributed by atoms with van der Waals surface area (Å²) in [4.78, 5) is 32.0. The lowest BCUT2D eigenvalue weighted by Crippen LogP contribution is -3.08. The SMILES string of the molecule is CCc1ccccc1NC(=O)CN(C)C(=O)C[NH+](C)Cc1nc2ccccc2s1. The van der Waals surface area contributed by atoms with Gasteiger partial charge in [-0.05, 0) is 30.2 Å². The summed E-state index contributed by atoms with van der Waals surface area (Å²) in [5, 5.41) is 3.91. The molecule has 0 aliphatic rings. The van der Waals surface area contributed by atoms with Crippen LogP contribution in [-0.4, -0.2) is 48.9 Å². The third-order valence-electron chi connectivity index (χ3n) is 4.72. The zero-order valence-electron chi connectivity index (χ0n) is 17.1. The standard InChI is InChI=1S/C22H26N4O2S/c1-4-16-9-5-6-10-17(16)23-20(27)13-26(3)22(28)15-25(2)14-21-24-18-11-7-8-12-19(18)29-21/h5-12H,4,13-15H2,1-3H3,(H,23,27)/p+1. The smallest absolute Gasteiger partial charge is 0.277 e. The molecule has 0 saturated heterocycles. The molecule has 0 radical (unpaired) electrons. The number of aromatic nitrogens is 1. The second kappa shape index (κ2) is 9.62. The molecule has 0 bridgehead atoms. The molecular formula is C22H27N4O2S+. The van der Waals surface area contributed by atoms with Crippen molar-refractivity contribution in [2.45, 2.75) is 19.9 Å². The number of thiazole rings is 1. The van der Waals surface area contributed by atoms with Gasteiger partial charge in [0, 0.05) is 12.7 Å². The fourth-order valence-electron chi connectivity index (χ4n) is 3.15. The van der Waals surface area contributed by atoms with Crippen LogP contribution in [0.1, 0.15) is 17.5 Å². The van der Waals surface area contributed by atoms with E-state index in [0.29, 0.717) is 13.1 Å². The average Bonchev–Trinajstić information content (AvgIpc) is 3.10. The molecule has 1 heterocycles. The average molecular weight is 412 g/mol. The molecule has 3 rings (SSSR count). The fourth-order valence-corrected chi connectivity index (χ4v) is 4.23. The number of hydrogen-bond acceptors (Lipinski definition) is 4. The lowest BCUT2D eigenvalue weighted by atomic mass is 10.1. The summed E-state index contributed by atoms with van der Waals surface area (Å²) in [5.41, 5.74) is 2.88. The third-order valence-corrected chi connectivity index (χ3v) is 5.76. The Hall–Kier alpha value is -2.77. The Balaban J connectivity index is 1.50. The number of amides is 2. The predicted molar refractivity (Wildman–Crippen MR) is 117 cm³/mol. The summed E-state index contributed by atoms with van der Waals surface area (Å²) in [6, 6.07) is 15.8. The molecule has 0 aliphatic heterocycles. The Morgan fingerprint density at radius 3 is 2.62 bits per heavy atom. The van der Waals surface area contributed by atoms with Crippen molar-refractivity contribution in [1.82, 2.24) is 9.88 Å². The van der Waals surface area contributed by atoms with Crippen LogP contribution in [0.3, 0.4) is 0 Å². The van der Waals surface area contributed by atoms with E-state index in [2.05, 4.69) is 16.4 Å². The van der Waals surface area contributed by atoms with Crippen LogP contribution >= 0.6 is 11.3 Å². The number of likely N-dealkylation sites (N-methyl/N-ethyl adjacent to an activating group) is 2. The number of hydrogen-bond donors (Lipinski definition) is 2. The Labute approximate surface area is 175 Å². The molecule has 1 aromatic heterocycles. The highest BCUT2D eigenvalue weighted by Gasteiger charge is 2.19. The molecule has 0 saturated carbocycles. The summed E-state index contributed by atoms with van der Waals surface area (Å²) < 4.78 is 1.16. The van der Waals surface area contributed by atoms with Crippen molar-refractivity contribution in [3.63, 3.8) is 0 Å². The van der Waals surface area contributed by atoms with Gasteiger partial charge in [-0.3, -0.25) is 9.59 Å². The highest BCUT2D eigenvalue weighted by atomic mass is 32.1. The van der Waals surface area contributed by atoms with E-state index in [1.807, 2.05) is 56.4 Å². The Morgan fingerprint density at radius 1 is 1.14 bits per heavy atom. The van der Waals surface area contributed by atoms with Crippen LogP contribution in [0.4, 0.5) is 5.69 Å². The molecule has 0 fully saturated rings. The minimum Gasteiger partial charge on any atom is -0.332 e. The first kappa shape index (κ1) is 21.0. The van der Waals surface area contributed by atoms with E-state index in [1.165, 1.54) is 4.90 Å². The maximum Gasteiger partial charge on any atom is 0.277 e. The molecule has 2 amide bonds. The van der Waals surface area contributed by atoms with Crippen LogP contribution in [0.15, 0.2) is 48.5 Å². The van der Waals surface area contributed by atoms with Gasteiger partial charge in [0.1, 0.15) is 11.6 Å². The van der Waals surface area contributed by atoms with Crippen LogP contribution in [0, 0.1) is 0 Å². The van der Waals surface area contributed by atoms with Gasteiger partial charge in [-0.15, -0.1) is 11.3 Å². The molecule has 2 aromatic carbocycles. The topological polar surface area (TPSA) is 66.7 Å². The summed E-state index contributed by atoms with van der Waals surface area (Å²) in [6.07, 6.45) is 0.838. The number of nitrogens with one attached hydrogen (secondary N) is 2. The first-order chi connectivity index (χ1) is 14.0. The molecule has 152 valence electrons. The van der Waals surface area contributed by atoms with Gasteiger partial charge in [0.15, 0.2) is 6.54 Å². The number of carbonyl (C=O) groups is 2. The highest BCUT2D eigenvalue weighted by molar-refractivity contribution is 7.18. The van der Waals surface area contributed by atoms with Crippen molar-refractivity contribution in [2.24, 2.45) is 0 Å². The van der Waals surface area contributed by atoms with Gasteiger partial charge in [-0.1, -0.05) is 37.3 Å². The summed E-state index contributed by atoms with van der Waals surface area (Å²) >= 11 is 1.66. The molecule has 0 aliphatic carbocycles. The third kappa shape index (κ3) is 5.62. The highest BCUT2D eigenvalue weighted by Crippen LogP contribution is 2.20. The van der Waals surface area contributed by atoms with Crippen LogP contribution < -0.4 is 10.2 Å². The quantitative estimate of drug-likeness (QED) is 0.596. The van der Waals surface area contributed by atoms with E-state index in [4.69, 9.17) is 0 Å². The van der Waals surface area contributed by atoms with Gasteiger partial charge in [0.05, 0.1) is 23.8 Å². The second-order valence-corrected chi connectivity index (χ2v) is 8.31. The van der Waals surface area contributed by atoms with Gasteiger partial charge in [0.2, 0.25) is 5.91 Å². The molecule has 2 N–H and O–H groups in total. The molecule has 7 heteroatoms. The molecule has 0 spiro atoms. The minimum absolute atomic E-state index is 0.0330.